The molecule has 0 aromatic carbocycles. The summed E-state index contributed by atoms with van der Waals surface area (Å²) >= 11 is 0. The average Bonchev–Trinajstić information content (AvgIpc) is 2.56. The van der Waals surface area contributed by atoms with E-state index in [1.54, 1.807) is 0 Å². The van der Waals surface area contributed by atoms with Crippen LogP contribution in [0.2, 0.25) is 0 Å². The number of carbonyl (C=O) groups is 1. The Morgan fingerprint density at radius 1 is 1.64 bits per heavy atom. The number of hydrogen-bond acceptors (Lipinski definition) is 4. The summed E-state index contributed by atoms with van der Waals surface area (Å²) in [6.45, 7) is 3.18. The second-order valence-electron chi connectivity index (χ2n) is 3.75. The van der Waals surface area contributed by atoms with Gasteiger partial charge in [-0.3, -0.25) is 0 Å². The Morgan fingerprint density at radius 2 is 2.43 bits per heavy atom. The van der Waals surface area contributed by atoms with Crippen molar-refractivity contribution in [2.75, 3.05) is 40.3 Å². The maximum Gasteiger partial charge on any atom is 0.407 e. The van der Waals surface area contributed by atoms with Crippen molar-refractivity contribution in [3.8, 4) is 0 Å². The number of hydrogen-bond donors (Lipinski definition) is 2. The summed E-state index contributed by atoms with van der Waals surface area (Å²) in [4.78, 5) is 13.2. The number of nitrogens with one attached hydrogen (secondary N) is 2. The maximum absolute atomic E-state index is 11.2. The third-order valence-electron chi connectivity index (χ3n) is 2.12. The number of nitrogens with zero attached hydrogens (tertiary/aromatic N) is 1. The monoisotopic (exact) mass is 201 g/mol. The summed E-state index contributed by atoms with van der Waals surface area (Å²) in [5, 5.41) is 5.85. The van der Waals surface area contributed by atoms with E-state index in [1.165, 1.54) is 0 Å². The molecule has 5 heteroatoms. The van der Waals surface area contributed by atoms with Crippen molar-refractivity contribution in [1.82, 2.24) is 15.5 Å². The molecule has 2 N–H and O–H groups in total. The molecule has 1 fully saturated rings. The Balaban J connectivity index is 2.03. The summed E-state index contributed by atoms with van der Waals surface area (Å²) in [5.41, 5.74) is 0. The van der Waals surface area contributed by atoms with E-state index in [4.69, 9.17) is 4.74 Å². The zero-order valence-electron chi connectivity index (χ0n) is 8.88. The minimum Gasteiger partial charge on any atom is -0.445 e. The van der Waals surface area contributed by atoms with Gasteiger partial charge in [0.1, 0.15) is 6.10 Å². The molecule has 1 aliphatic heterocycles. The van der Waals surface area contributed by atoms with E-state index in [9.17, 15) is 4.79 Å². The van der Waals surface area contributed by atoms with Crippen LogP contribution < -0.4 is 10.6 Å². The predicted octanol–water partition coefficient (Wildman–Crippen LogP) is -0.364. The van der Waals surface area contributed by atoms with Gasteiger partial charge in [-0.15, -0.1) is 0 Å². The van der Waals surface area contributed by atoms with Gasteiger partial charge in [0, 0.05) is 19.6 Å². The van der Waals surface area contributed by atoms with Gasteiger partial charge in [-0.05, 0) is 27.1 Å². The molecule has 0 aromatic rings. The smallest absolute Gasteiger partial charge is 0.407 e. The molecule has 1 saturated heterocycles. The molecule has 0 aromatic heterocycles. The topological polar surface area (TPSA) is 53.6 Å². The lowest BCUT2D eigenvalue weighted by Crippen LogP contribution is -2.34. The molecule has 5 nitrogen and oxygen atoms in total. The van der Waals surface area contributed by atoms with Gasteiger partial charge in [-0.1, -0.05) is 0 Å². The van der Waals surface area contributed by atoms with E-state index in [1.807, 2.05) is 19.0 Å². The number of carbonyl (C=O) groups excluding carboxylic acids is 1. The van der Waals surface area contributed by atoms with Gasteiger partial charge in [0.15, 0.2) is 0 Å². The summed E-state index contributed by atoms with van der Waals surface area (Å²) in [5.74, 6) is 0. The lowest BCUT2D eigenvalue weighted by molar-refractivity contribution is 0.107. The van der Waals surface area contributed by atoms with Gasteiger partial charge >= 0.3 is 6.09 Å². The molecule has 0 aliphatic carbocycles. The van der Waals surface area contributed by atoms with Crippen molar-refractivity contribution in [2.45, 2.75) is 12.5 Å². The zero-order chi connectivity index (χ0) is 10.4. The highest BCUT2D eigenvalue weighted by Gasteiger charge is 2.18. The first kappa shape index (κ1) is 11.3. The SMILES string of the molecule is CN(C)CCNC(=O)OC1CCNC1. The minimum absolute atomic E-state index is 0.0503. The van der Waals surface area contributed by atoms with E-state index in [0.29, 0.717) is 6.54 Å². The van der Waals surface area contributed by atoms with Crippen LogP contribution in [0.25, 0.3) is 0 Å². The van der Waals surface area contributed by atoms with Crippen molar-refractivity contribution in [3.05, 3.63) is 0 Å². The Morgan fingerprint density at radius 3 is 3.00 bits per heavy atom. The molecule has 1 rings (SSSR count). The van der Waals surface area contributed by atoms with Crippen LogP contribution in [-0.4, -0.2) is 57.4 Å². The molecular formula is C9H19N3O2. The van der Waals surface area contributed by atoms with Crippen LogP contribution in [0, 0.1) is 0 Å². The van der Waals surface area contributed by atoms with E-state index in [0.717, 1.165) is 26.1 Å². The van der Waals surface area contributed by atoms with Crippen molar-refractivity contribution < 1.29 is 9.53 Å². The van der Waals surface area contributed by atoms with Crippen LogP contribution >= 0.6 is 0 Å². The fourth-order valence-corrected chi connectivity index (χ4v) is 1.30. The summed E-state index contributed by atoms with van der Waals surface area (Å²) < 4.78 is 5.16. The van der Waals surface area contributed by atoms with Crippen molar-refractivity contribution in [3.63, 3.8) is 0 Å². The van der Waals surface area contributed by atoms with Crippen LogP contribution in [0.15, 0.2) is 0 Å². The molecule has 14 heavy (non-hydrogen) atoms. The Bertz CT molecular complexity index is 179. The first-order chi connectivity index (χ1) is 6.68. The van der Waals surface area contributed by atoms with Gasteiger partial charge in [0.2, 0.25) is 0 Å². The molecule has 0 spiro atoms. The Hall–Kier alpha value is -0.810. The molecule has 1 unspecified atom stereocenters. The standard InChI is InChI=1S/C9H19N3O2/c1-12(2)6-5-11-9(13)14-8-3-4-10-7-8/h8,10H,3-7H2,1-2H3,(H,11,13). The molecule has 0 bridgehead atoms. The first-order valence-corrected chi connectivity index (χ1v) is 4.98. The van der Waals surface area contributed by atoms with Gasteiger partial charge in [0.05, 0.1) is 0 Å². The van der Waals surface area contributed by atoms with Crippen LogP contribution in [0.3, 0.4) is 0 Å². The lowest BCUT2D eigenvalue weighted by Gasteiger charge is -2.13. The normalized spacial score (nSPS) is 21.2. The molecule has 1 atom stereocenters. The fraction of sp³-hybridized carbons (Fsp3) is 0.889. The van der Waals surface area contributed by atoms with Crippen LogP contribution in [0.4, 0.5) is 4.79 Å². The molecule has 1 heterocycles. The van der Waals surface area contributed by atoms with Crippen molar-refractivity contribution in [2.24, 2.45) is 0 Å². The number of ether oxygens (including phenoxy) is 1. The van der Waals surface area contributed by atoms with E-state index < -0.39 is 0 Å². The first-order valence-electron chi connectivity index (χ1n) is 4.98. The second kappa shape index (κ2) is 5.82. The number of rotatable bonds is 4. The van der Waals surface area contributed by atoms with E-state index >= 15 is 0 Å². The Kier molecular flexibility index (Phi) is 4.69. The fourth-order valence-electron chi connectivity index (χ4n) is 1.30. The number of alkyl carbamates (subject to hydrolysis) is 1. The second-order valence-corrected chi connectivity index (χ2v) is 3.75. The molecule has 1 aliphatic rings. The maximum atomic E-state index is 11.2. The van der Waals surface area contributed by atoms with Crippen molar-refractivity contribution >= 4 is 6.09 Å². The third kappa shape index (κ3) is 4.43. The van der Waals surface area contributed by atoms with E-state index in [-0.39, 0.29) is 12.2 Å². The van der Waals surface area contributed by atoms with Crippen LogP contribution in [0.5, 0.6) is 0 Å². The van der Waals surface area contributed by atoms with Gasteiger partial charge in [-0.25, -0.2) is 4.79 Å². The van der Waals surface area contributed by atoms with Crippen LogP contribution in [0.1, 0.15) is 6.42 Å². The average molecular weight is 201 g/mol. The van der Waals surface area contributed by atoms with Crippen LogP contribution in [-0.2, 0) is 4.74 Å². The van der Waals surface area contributed by atoms with Gasteiger partial charge in [-0.2, -0.15) is 0 Å². The number of amides is 1. The quantitative estimate of drug-likeness (QED) is 0.652. The highest BCUT2D eigenvalue weighted by Crippen LogP contribution is 2.02. The molecule has 0 radical (unpaired) electrons. The number of likely N-dealkylation sites (N-methyl/N-ethyl adjacent to an activating group) is 1. The van der Waals surface area contributed by atoms with E-state index in [2.05, 4.69) is 10.6 Å². The summed E-state index contributed by atoms with van der Waals surface area (Å²) in [6, 6.07) is 0. The van der Waals surface area contributed by atoms with Gasteiger partial charge in [0.25, 0.3) is 0 Å². The zero-order valence-corrected chi connectivity index (χ0v) is 8.88. The predicted molar refractivity (Wildman–Crippen MR) is 54.3 cm³/mol. The molecular weight excluding hydrogens is 182 g/mol. The summed E-state index contributed by atoms with van der Waals surface area (Å²) in [7, 11) is 3.93. The third-order valence-corrected chi connectivity index (χ3v) is 2.12. The largest absolute Gasteiger partial charge is 0.445 e. The van der Waals surface area contributed by atoms with Gasteiger partial charge < -0.3 is 20.3 Å². The minimum atomic E-state index is -0.305. The summed E-state index contributed by atoms with van der Waals surface area (Å²) in [6.07, 6.45) is 0.663. The van der Waals surface area contributed by atoms with Crippen molar-refractivity contribution in [1.29, 1.82) is 0 Å². The highest BCUT2D eigenvalue weighted by atomic mass is 16.6. The molecule has 1 amide bonds. The highest BCUT2D eigenvalue weighted by molar-refractivity contribution is 5.67. The lowest BCUT2D eigenvalue weighted by atomic mass is 10.3. The molecule has 0 saturated carbocycles. The molecule has 82 valence electrons. The Labute approximate surface area is 84.8 Å².